The molecule has 1 aliphatic heterocycles. The van der Waals surface area contributed by atoms with Gasteiger partial charge in [-0.2, -0.15) is 0 Å². The Hall–Kier alpha value is -1.90. The normalized spacial score (nSPS) is 18.5. The van der Waals surface area contributed by atoms with Gasteiger partial charge in [0.2, 0.25) is 0 Å². The van der Waals surface area contributed by atoms with Crippen molar-refractivity contribution in [2.45, 2.75) is 6.92 Å². The summed E-state index contributed by atoms with van der Waals surface area (Å²) in [4.78, 5) is 17.5. The molecule has 76 valence electrons. The Labute approximate surface area is 88.7 Å². The molecule has 0 aliphatic carbocycles. The number of rotatable bonds is 1. The molecule has 3 nitrogen and oxygen atoms in total. The van der Waals surface area contributed by atoms with Gasteiger partial charge in [-0.05, 0) is 6.92 Å². The topological polar surface area (TPSA) is 32.7 Å². The van der Waals surface area contributed by atoms with Crippen molar-refractivity contribution in [2.75, 3.05) is 7.05 Å². The predicted octanol–water partition coefficient (Wildman–Crippen LogP) is 1.81. The molecular formula is C12H12N2O. The highest BCUT2D eigenvalue weighted by molar-refractivity contribution is 6.17. The average Bonchev–Trinajstić information content (AvgIpc) is 2.57. The smallest absolute Gasteiger partial charge is 0.277 e. The zero-order valence-corrected chi connectivity index (χ0v) is 8.77. The highest BCUT2D eigenvalue weighted by atomic mass is 16.2. The highest BCUT2D eigenvalue weighted by Crippen LogP contribution is 2.17. The number of carbonyl (C=O) groups excluding carboxylic acids is 1. The van der Waals surface area contributed by atoms with Crippen LogP contribution >= 0.6 is 0 Å². The number of aliphatic imine (C=N–C) groups is 1. The number of hydrogen-bond donors (Lipinski definition) is 0. The van der Waals surface area contributed by atoms with Crippen LogP contribution in [0.4, 0.5) is 0 Å². The lowest BCUT2D eigenvalue weighted by Gasteiger charge is -2.10. The Bertz CT molecular complexity index is 446. The van der Waals surface area contributed by atoms with Crippen LogP contribution in [-0.2, 0) is 4.79 Å². The number of benzene rings is 1. The van der Waals surface area contributed by atoms with E-state index in [2.05, 4.69) is 4.99 Å². The molecule has 2 rings (SSSR count). The maximum Gasteiger partial charge on any atom is 0.277 e. The van der Waals surface area contributed by atoms with Gasteiger partial charge in [-0.1, -0.05) is 36.4 Å². The SMILES string of the molecule is C/C=C1/N=C(c2ccccc2)N(C)C1=O. The summed E-state index contributed by atoms with van der Waals surface area (Å²) < 4.78 is 0. The first-order valence-electron chi connectivity index (χ1n) is 4.82. The molecule has 1 aromatic carbocycles. The number of hydrogen-bond acceptors (Lipinski definition) is 2. The van der Waals surface area contributed by atoms with E-state index >= 15 is 0 Å². The third-order valence-corrected chi connectivity index (χ3v) is 2.37. The quantitative estimate of drug-likeness (QED) is 0.636. The van der Waals surface area contributed by atoms with Crippen molar-refractivity contribution in [2.24, 2.45) is 4.99 Å². The first kappa shape index (κ1) is 9.65. The second-order valence-electron chi connectivity index (χ2n) is 3.34. The Morgan fingerprint density at radius 1 is 1.27 bits per heavy atom. The van der Waals surface area contributed by atoms with Gasteiger partial charge in [0.25, 0.3) is 5.91 Å². The maximum atomic E-state index is 11.7. The lowest BCUT2D eigenvalue weighted by atomic mass is 10.2. The van der Waals surface area contributed by atoms with Crippen LogP contribution in [0.15, 0.2) is 47.1 Å². The number of nitrogens with zero attached hydrogens (tertiary/aromatic N) is 2. The summed E-state index contributed by atoms with van der Waals surface area (Å²) >= 11 is 0. The van der Waals surface area contributed by atoms with Gasteiger partial charge in [0, 0.05) is 12.6 Å². The van der Waals surface area contributed by atoms with E-state index in [0.717, 1.165) is 5.56 Å². The zero-order chi connectivity index (χ0) is 10.8. The van der Waals surface area contributed by atoms with Gasteiger partial charge in [-0.3, -0.25) is 9.69 Å². The van der Waals surface area contributed by atoms with E-state index in [1.807, 2.05) is 37.3 Å². The zero-order valence-electron chi connectivity index (χ0n) is 8.77. The van der Waals surface area contributed by atoms with Gasteiger partial charge in [0.15, 0.2) is 0 Å². The molecule has 3 heteroatoms. The molecule has 0 spiro atoms. The number of likely N-dealkylation sites (N-methyl/N-ethyl adjacent to an activating group) is 1. The molecule has 0 atom stereocenters. The van der Waals surface area contributed by atoms with Crippen LogP contribution in [-0.4, -0.2) is 23.7 Å². The fourth-order valence-electron chi connectivity index (χ4n) is 1.54. The first-order valence-corrected chi connectivity index (χ1v) is 4.82. The molecule has 0 aromatic heterocycles. The fraction of sp³-hybridized carbons (Fsp3) is 0.167. The Morgan fingerprint density at radius 3 is 2.47 bits per heavy atom. The van der Waals surface area contributed by atoms with E-state index < -0.39 is 0 Å². The molecule has 0 unspecified atom stereocenters. The van der Waals surface area contributed by atoms with Crippen LogP contribution < -0.4 is 0 Å². The van der Waals surface area contributed by atoms with Crippen molar-refractivity contribution >= 4 is 11.7 Å². The van der Waals surface area contributed by atoms with Gasteiger partial charge in [-0.15, -0.1) is 0 Å². The molecule has 1 aliphatic rings. The largest absolute Gasteiger partial charge is 0.294 e. The number of amidine groups is 1. The number of carbonyl (C=O) groups is 1. The molecule has 0 N–H and O–H groups in total. The summed E-state index contributed by atoms with van der Waals surface area (Å²) in [5, 5.41) is 0. The van der Waals surface area contributed by atoms with Gasteiger partial charge in [0.1, 0.15) is 11.5 Å². The summed E-state index contributed by atoms with van der Waals surface area (Å²) in [6.07, 6.45) is 1.73. The molecule has 0 saturated heterocycles. The van der Waals surface area contributed by atoms with Crippen molar-refractivity contribution in [1.29, 1.82) is 0 Å². The third kappa shape index (κ3) is 1.56. The van der Waals surface area contributed by atoms with E-state index in [9.17, 15) is 4.79 Å². The monoisotopic (exact) mass is 200 g/mol. The minimum absolute atomic E-state index is 0.0450. The van der Waals surface area contributed by atoms with Crippen LogP contribution in [0.2, 0.25) is 0 Å². The van der Waals surface area contributed by atoms with E-state index in [1.54, 1.807) is 18.0 Å². The van der Waals surface area contributed by atoms with Crippen molar-refractivity contribution < 1.29 is 4.79 Å². The molecule has 0 fully saturated rings. The van der Waals surface area contributed by atoms with Gasteiger partial charge < -0.3 is 0 Å². The standard InChI is InChI=1S/C12H12N2O/c1-3-10-12(15)14(2)11(13-10)9-7-5-4-6-8-9/h3-8H,1-2H3/b10-3+. The van der Waals surface area contributed by atoms with E-state index in [4.69, 9.17) is 0 Å². The summed E-state index contributed by atoms with van der Waals surface area (Å²) in [5.74, 6) is 0.671. The second kappa shape index (κ2) is 3.69. The minimum Gasteiger partial charge on any atom is -0.294 e. The number of amides is 1. The van der Waals surface area contributed by atoms with Crippen molar-refractivity contribution in [1.82, 2.24) is 4.90 Å². The first-order chi connectivity index (χ1) is 7.24. The van der Waals surface area contributed by atoms with Crippen LogP contribution in [0.1, 0.15) is 12.5 Å². The lowest BCUT2D eigenvalue weighted by molar-refractivity contribution is -0.121. The molecule has 0 saturated carbocycles. The molecule has 15 heavy (non-hydrogen) atoms. The van der Waals surface area contributed by atoms with E-state index in [1.165, 1.54) is 0 Å². The Morgan fingerprint density at radius 2 is 1.93 bits per heavy atom. The molecule has 1 heterocycles. The van der Waals surface area contributed by atoms with E-state index in [-0.39, 0.29) is 5.91 Å². The molecule has 0 bridgehead atoms. The van der Waals surface area contributed by atoms with Crippen LogP contribution in [0.5, 0.6) is 0 Å². The van der Waals surface area contributed by atoms with E-state index in [0.29, 0.717) is 11.5 Å². The minimum atomic E-state index is -0.0450. The summed E-state index contributed by atoms with van der Waals surface area (Å²) in [5.41, 5.74) is 1.47. The summed E-state index contributed by atoms with van der Waals surface area (Å²) in [6, 6.07) is 9.70. The van der Waals surface area contributed by atoms with Crippen molar-refractivity contribution in [3.8, 4) is 0 Å². The predicted molar refractivity (Wildman–Crippen MR) is 59.5 cm³/mol. The van der Waals surface area contributed by atoms with Gasteiger partial charge in [0.05, 0.1) is 0 Å². The van der Waals surface area contributed by atoms with Crippen LogP contribution in [0, 0.1) is 0 Å². The van der Waals surface area contributed by atoms with Crippen molar-refractivity contribution in [3.05, 3.63) is 47.7 Å². The van der Waals surface area contributed by atoms with Gasteiger partial charge >= 0.3 is 0 Å². The van der Waals surface area contributed by atoms with Crippen molar-refractivity contribution in [3.63, 3.8) is 0 Å². The number of allylic oxidation sites excluding steroid dienone is 1. The fourth-order valence-corrected chi connectivity index (χ4v) is 1.54. The Balaban J connectivity index is 2.44. The summed E-state index contributed by atoms with van der Waals surface area (Å²) in [6.45, 7) is 1.82. The molecular weight excluding hydrogens is 188 g/mol. The Kier molecular flexibility index (Phi) is 2.37. The maximum absolute atomic E-state index is 11.7. The summed E-state index contributed by atoms with van der Waals surface area (Å²) in [7, 11) is 1.74. The molecule has 1 aromatic rings. The third-order valence-electron chi connectivity index (χ3n) is 2.37. The van der Waals surface area contributed by atoms with Crippen LogP contribution in [0.3, 0.4) is 0 Å². The van der Waals surface area contributed by atoms with Gasteiger partial charge in [-0.25, -0.2) is 4.99 Å². The lowest BCUT2D eigenvalue weighted by Crippen LogP contribution is -2.28. The highest BCUT2D eigenvalue weighted by Gasteiger charge is 2.26. The second-order valence-corrected chi connectivity index (χ2v) is 3.34. The van der Waals surface area contributed by atoms with Crippen LogP contribution in [0.25, 0.3) is 0 Å². The molecule has 0 radical (unpaired) electrons. The molecule has 1 amide bonds. The average molecular weight is 200 g/mol.